The third-order valence-corrected chi connectivity index (χ3v) is 8.32. The molecule has 0 aliphatic heterocycles. The first kappa shape index (κ1) is 30.8. The van der Waals surface area contributed by atoms with E-state index in [2.05, 4.69) is 31.8 Å². The van der Waals surface area contributed by atoms with Crippen molar-refractivity contribution in [2.24, 2.45) is 5.10 Å². The zero-order valence-corrected chi connectivity index (χ0v) is 25.5. The molecule has 0 bridgehead atoms. The number of rotatable bonds is 11. The van der Waals surface area contributed by atoms with E-state index in [4.69, 9.17) is 16.3 Å². The van der Waals surface area contributed by atoms with Crippen LogP contribution in [0.1, 0.15) is 11.1 Å². The van der Waals surface area contributed by atoms with Gasteiger partial charge in [-0.1, -0.05) is 51.3 Å². The molecule has 0 saturated carbocycles. The van der Waals surface area contributed by atoms with Crippen LogP contribution in [0, 0.1) is 6.92 Å². The molecule has 0 spiro atoms. The fourth-order valence-electron chi connectivity index (χ4n) is 3.67. The van der Waals surface area contributed by atoms with Crippen molar-refractivity contribution in [1.82, 2.24) is 5.43 Å². The summed E-state index contributed by atoms with van der Waals surface area (Å²) in [6, 6.07) is 26.5. The SMILES string of the molecule is Cc1ccc(S(=O)(=O)N(CC(=O)N/N=C/c2ccc(OCC(=O)Nc3cccc(Cl)c3)cc2)c2ccc(Br)cc2)cc1. The summed E-state index contributed by atoms with van der Waals surface area (Å²) >= 11 is 9.27. The van der Waals surface area contributed by atoms with Gasteiger partial charge in [-0.2, -0.15) is 5.10 Å². The van der Waals surface area contributed by atoms with Gasteiger partial charge < -0.3 is 10.1 Å². The average molecular weight is 670 g/mol. The van der Waals surface area contributed by atoms with E-state index in [-0.39, 0.29) is 17.4 Å². The summed E-state index contributed by atoms with van der Waals surface area (Å²) in [7, 11) is -4.04. The number of hydrogen-bond donors (Lipinski definition) is 2. The molecule has 4 aromatic rings. The Hall–Kier alpha value is -4.19. The Morgan fingerprint density at radius 3 is 2.31 bits per heavy atom. The number of halogens is 2. The van der Waals surface area contributed by atoms with Gasteiger partial charge in [0.1, 0.15) is 12.3 Å². The third-order valence-electron chi connectivity index (χ3n) is 5.77. The molecule has 42 heavy (non-hydrogen) atoms. The summed E-state index contributed by atoms with van der Waals surface area (Å²) in [5, 5.41) is 7.16. The Balaban J connectivity index is 1.34. The summed E-state index contributed by atoms with van der Waals surface area (Å²) in [5.74, 6) is -0.508. The number of ether oxygens (including phenoxy) is 1. The molecule has 0 heterocycles. The fourth-order valence-corrected chi connectivity index (χ4v) is 5.54. The maximum absolute atomic E-state index is 13.4. The van der Waals surface area contributed by atoms with Crippen LogP contribution in [-0.4, -0.2) is 39.6 Å². The van der Waals surface area contributed by atoms with Crippen molar-refractivity contribution in [3.05, 3.63) is 118 Å². The molecule has 4 aromatic carbocycles. The van der Waals surface area contributed by atoms with E-state index in [0.29, 0.717) is 27.7 Å². The molecule has 0 aliphatic carbocycles. The molecule has 12 heteroatoms. The number of benzene rings is 4. The second-order valence-corrected chi connectivity index (χ2v) is 12.2. The first-order valence-electron chi connectivity index (χ1n) is 12.6. The Morgan fingerprint density at radius 2 is 1.64 bits per heavy atom. The van der Waals surface area contributed by atoms with Gasteiger partial charge in [0, 0.05) is 15.2 Å². The summed E-state index contributed by atoms with van der Waals surface area (Å²) in [5.41, 5.74) is 4.83. The molecule has 0 aromatic heterocycles. The van der Waals surface area contributed by atoms with Crippen LogP contribution in [0.4, 0.5) is 11.4 Å². The van der Waals surface area contributed by atoms with E-state index in [1.807, 2.05) is 6.92 Å². The smallest absolute Gasteiger partial charge is 0.264 e. The standard InChI is InChI=1S/C30H26BrClN4O5S/c1-21-5-15-28(16-6-21)42(39,40)36(26-11-9-23(31)10-12-26)19-29(37)35-33-18-22-7-13-27(14-8-22)41-20-30(38)34-25-4-2-3-24(32)17-25/h2-18H,19-20H2,1H3,(H,34,38)(H,35,37)/b33-18+. The molecule has 0 atom stereocenters. The predicted octanol–water partition coefficient (Wildman–Crippen LogP) is 5.77. The number of hydrogen-bond acceptors (Lipinski definition) is 6. The van der Waals surface area contributed by atoms with E-state index in [9.17, 15) is 18.0 Å². The van der Waals surface area contributed by atoms with Crippen LogP contribution in [0.15, 0.2) is 112 Å². The van der Waals surface area contributed by atoms with Gasteiger partial charge in [-0.15, -0.1) is 0 Å². The van der Waals surface area contributed by atoms with Gasteiger partial charge in [0.15, 0.2) is 6.61 Å². The number of nitrogens with one attached hydrogen (secondary N) is 2. The molecule has 0 unspecified atom stereocenters. The first-order chi connectivity index (χ1) is 20.1. The zero-order chi connectivity index (χ0) is 30.1. The van der Waals surface area contributed by atoms with Gasteiger partial charge in [0.2, 0.25) is 0 Å². The van der Waals surface area contributed by atoms with Crippen LogP contribution in [0.5, 0.6) is 5.75 Å². The number of hydrazone groups is 1. The number of anilines is 2. The Bertz CT molecular complexity index is 1680. The summed E-state index contributed by atoms with van der Waals surface area (Å²) in [6.45, 7) is 1.17. The van der Waals surface area contributed by atoms with Crippen molar-refractivity contribution in [3.63, 3.8) is 0 Å². The van der Waals surface area contributed by atoms with Crippen LogP contribution >= 0.6 is 27.5 Å². The molecule has 4 rings (SSSR count). The third kappa shape index (κ3) is 8.65. The maximum Gasteiger partial charge on any atom is 0.264 e. The lowest BCUT2D eigenvalue weighted by molar-refractivity contribution is -0.119. The quantitative estimate of drug-likeness (QED) is 0.155. The summed E-state index contributed by atoms with van der Waals surface area (Å²) < 4.78 is 34.2. The number of carbonyl (C=O) groups is 2. The van der Waals surface area contributed by atoms with Gasteiger partial charge in [-0.3, -0.25) is 13.9 Å². The molecule has 0 aliphatic rings. The van der Waals surface area contributed by atoms with Gasteiger partial charge in [-0.05, 0) is 91.3 Å². The number of amides is 2. The van der Waals surface area contributed by atoms with E-state index in [1.165, 1.54) is 18.3 Å². The molecular formula is C30H26BrClN4O5S. The van der Waals surface area contributed by atoms with Crippen molar-refractivity contribution in [2.45, 2.75) is 11.8 Å². The largest absolute Gasteiger partial charge is 0.484 e. The highest BCUT2D eigenvalue weighted by Crippen LogP contribution is 2.25. The molecule has 216 valence electrons. The average Bonchev–Trinajstić information content (AvgIpc) is 2.96. The number of carbonyl (C=O) groups excluding carboxylic acids is 2. The van der Waals surface area contributed by atoms with E-state index < -0.39 is 22.5 Å². The van der Waals surface area contributed by atoms with Crippen LogP contribution in [-0.2, 0) is 19.6 Å². The molecule has 9 nitrogen and oxygen atoms in total. The highest BCUT2D eigenvalue weighted by Gasteiger charge is 2.27. The summed E-state index contributed by atoms with van der Waals surface area (Å²) in [6.07, 6.45) is 1.41. The fraction of sp³-hybridized carbons (Fsp3) is 0.100. The van der Waals surface area contributed by atoms with E-state index in [0.717, 1.165) is 14.3 Å². The van der Waals surface area contributed by atoms with Gasteiger partial charge in [0.25, 0.3) is 21.8 Å². The van der Waals surface area contributed by atoms with Crippen molar-refractivity contribution in [2.75, 3.05) is 22.8 Å². The first-order valence-corrected chi connectivity index (χ1v) is 15.2. The highest BCUT2D eigenvalue weighted by atomic mass is 79.9. The maximum atomic E-state index is 13.4. The van der Waals surface area contributed by atoms with Crippen LogP contribution in [0.25, 0.3) is 0 Å². The number of aryl methyl sites for hydroxylation is 1. The second kappa shape index (κ2) is 14.1. The highest BCUT2D eigenvalue weighted by molar-refractivity contribution is 9.10. The Labute approximate surface area is 257 Å². The van der Waals surface area contributed by atoms with Crippen molar-refractivity contribution in [3.8, 4) is 5.75 Å². The predicted molar refractivity (Wildman–Crippen MR) is 168 cm³/mol. The normalized spacial score (nSPS) is 11.2. The molecule has 2 amide bonds. The van der Waals surface area contributed by atoms with Crippen molar-refractivity contribution in [1.29, 1.82) is 0 Å². The molecule has 2 N–H and O–H groups in total. The topological polar surface area (TPSA) is 117 Å². The van der Waals surface area contributed by atoms with Gasteiger partial charge in [0.05, 0.1) is 16.8 Å². The Morgan fingerprint density at radius 1 is 0.952 bits per heavy atom. The molecule has 0 fully saturated rings. The van der Waals surface area contributed by atoms with Crippen molar-refractivity contribution < 1.29 is 22.7 Å². The summed E-state index contributed by atoms with van der Waals surface area (Å²) in [4.78, 5) is 25.0. The zero-order valence-electron chi connectivity index (χ0n) is 22.3. The monoisotopic (exact) mass is 668 g/mol. The van der Waals surface area contributed by atoms with Gasteiger partial charge >= 0.3 is 0 Å². The minimum atomic E-state index is -4.04. The van der Waals surface area contributed by atoms with Gasteiger partial charge in [-0.25, -0.2) is 13.8 Å². The van der Waals surface area contributed by atoms with Crippen LogP contribution < -0.4 is 19.8 Å². The lowest BCUT2D eigenvalue weighted by Gasteiger charge is -2.23. The van der Waals surface area contributed by atoms with E-state index in [1.54, 1.807) is 84.9 Å². The minimum absolute atomic E-state index is 0.0663. The van der Waals surface area contributed by atoms with Crippen molar-refractivity contribution >= 4 is 67.0 Å². The lowest BCUT2D eigenvalue weighted by Crippen LogP contribution is -2.39. The molecular weight excluding hydrogens is 644 g/mol. The molecule has 0 saturated heterocycles. The van der Waals surface area contributed by atoms with Crippen LogP contribution in [0.3, 0.4) is 0 Å². The van der Waals surface area contributed by atoms with Crippen LogP contribution in [0.2, 0.25) is 5.02 Å². The molecule has 0 radical (unpaired) electrons. The number of sulfonamides is 1. The number of nitrogens with zero attached hydrogens (tertiary/aromatic N) is 2. The second-order valence-electron chi connectivity index (χ2n) is 9.01. The van der Waals surface area contributed by atoms with E-state index >= 15 is 0 Å². The lowest BCUT2D eigenvalue weighted by atomic mass is 10.2. The minimum Gasteiger partial charge on any atom is -0.484 e. The Kier molecular flexibility index (Phi) is 10.3.